The third-order valence-corrected chi connectivity index (χ3v) is 5.37. The van der Waals surface area contributed by atoms with Gasteiger partial charge in [0.15, 0.2) is 11.5 Å². The minimum absolute atomic E-state index is 0.178. The fourth-order valence-corrected chi connectivity index (χ4v) is 3.93. The van der Waals surface area contributed by atoms with Crippen LogP contribution in [0.5, 0.6) is 5.75 Å². The number of hydrogen-bond donors (Lipinski definition) is 3. The molecule has 1 aromatic carbocycles. The molecule has 0 fully saturated rings. The lowest BCUT2D eigenvalue weighted by Crippen LogP contribution is -2.13. The van der Waals surface area contributed by atoms with E-state index in [1.807, 2.05) is 19.1 Å². The molecule has 25 heavy (non-hydrogen) atoms. The molecule has 3 aromatic heterocycles. The van der Waals surface area contributed by atoms with Crippen LogP contribution in [-0.4, -0.2) is 20.4 Å². The average molecular weight is 353 g/mol. The van der Waals surface area contributed by atoms with Crippen molar-refractivity contribution in [3.05, 3.63) is 53.3 Å². The van der Waals surface area contributed by atoms with E-state index in [4.69, 9.17) is 16.1 Å². The lowest BCUT2D eigenvalue weighted by Gasteiger charge is -2.12. The molecule has 4 aromatic rings. The van der Waals surface area contributed by atoms with Gasteiger partial charge in [-0.2, -0.15) is 0 Å². The Bertz CT molecular complexity index is 1070. The number of aromatic nitrogens is 3. The molecule has 0 aliphatic carbocycles. The molecule has 0 saturated heterocycles. The summed E-state index contributed by atoms with van der Waals surface area (Å²) in [4.78, 5) is 5.39. The molecule has 1 unspecified atom stereocenters. The number of benzene rings is 1. The van der Waals surface area contributed by atoms with Crippen molar-refractivity contribution in [1.29, 1.82) is 0 Å². The zero-order valence-electron chi connectivity index (χ0n) is 13.3. The van der Waals surface area contributed by atoms with Gasteiger partial charge in [0.25, 0.3) is 0 Å². The molecular formula is C17H15N5O2S. The van der Waals surface area contributed by atoms with Gasteiger partial charge in [-0.1, -0.05) is 12.1 Å². The van der Waals surface area contributed by atoms with Gasteiger partial charge in [-0.05, 0) is 51.9 Å². The van der Waals surface area contributed by atoms with Gasteiger partial charge in [-0.25, -0.2) is 4.63 Å². The van der Waals surface area contributed by atoms with Gasteiger partial charge in [-0.3, -0.25) is 4.98 Å². The third-order valence-electron chi connectivity index (χ3n) is 4.12. The van der Waals surface area contributed by atoms with Crippen molar-refractivity contribution in [2.24, 2.45) is 5.73 Å². The minimum Gasteiger partial charge on any atom is -0.508 e. The molecule has 0 amide bonds. The summed E-state index contributed by atoms with van der Waals surface area (Å²) in [7, 11) is 0. The number of thiophene rings is 1. The first-order valence-electron chi connectivity index (χ1n) is 7.56. The topological polar surface area (TPSA) is 124 Å². The molecule has 0 aliphatic rings. The monoisotopic (exact) mass is 353 g/mol. The lowest BCUT2D eigenvalue weighted by atomic mass is 10.0. The van der Waals surface area contributed by atoms with Crippen molar-refractivity contribution in [3.63, 3.8) is 0 Å². The van der Waals surface area contributed by atoms with Crippen molar-refractivity contribution in [2.45, 2.75) is 13.0 Å². The highest BCUT2D eigenvalue weighted by Gasteiger charge is 2.19. The van der Waals surface area contributed by atoms with Crippen molar-refractivity contribution in [2.75, 3.05) is 5.73 Å². The molecule has 0 aliphatic heterocycles. The van der Waals surface area contributed by atoms with E-state index in [-0.39, 0.29) is 11.6 Å². The van der Waals surface area contributed by atoms with Crippen molar-refractivity contribution < 1.29 is 9.74 Å². The zero-order valence-corrected chi connectivity index (χ0v) is 14.1. The summed E-state index contributed by atoms with van der Waals surface area (Å²) >= 11 is 1.53. The highest BCUT2D eigenvalue weighted by atomic mass is 32.1. The van der Waals surface area contributed by atoms with Crippen LogP contribution in [0.15, 0.2) is 41.2 Å². The van der Waals surface area contributed by atoms with Crippen LogP contribution in [-0.2, 0) is 0 Å². The number of aromatic hydroxyl groups is 1. The first-order chi connectivity index (χ1) is 12.0. The molecular weight excluding hydrogens is 338 g/mol. The van der Waals surface area contributed by atoms with E-state index in [9.17, 15) is 5.11 Å². The number of fused-ring (bicyclic) bond motifs is 1. The number of nitrogens with two attached hydrogens (primary N) is 2. The summed E-state index contributed by atoms with van der Waals surface area (Å²) in [6.45, 7) is 1.99. The maximum atomic E-state index is 9.65. The van der Waals surface area contributed by atoms with E-state index in [1.165, 1.54) is 11.3 Å². The molecule has 0 radical (unpaired) electrons. The van der Waals surface area contributed by atoms with Crippen molar-refractivity contribution >= 4 is 27.2 Å². The van der Waals surface area contributed by atoms with Gasteiger partial charge < -0.3 is 16.6 Å². The number of nitrogens with zero attached hydrogens (tertiary/aromatic N) is 3. The lowest BCUT2D eigenvalue weighted by molar-refractivity contribution is 0.310. The second-order valence-corrected chi connectivity index (χ2v) is 6.78. The molecule has 0 spiro atoms. The number of rotatable bonds is 3. The average Bonchev–Trinajstić information content (AvgIpc) is 3.17. The fourth-order valence-electron chi connectivity index (χ4n) is 2.78. The minimum atomic E-state index is -0.432. The third kappa shape index (κ3) is 2.61. The van der Waals surface area contributed by atoms with Gasteiger partial charge in [0.2, 0.25) is 0 Å². The van der Waals surface area contributed by atoms with Gasteiger partial charge >= 0.3 is 0 Å². The summed E-state index contributed by atoms with van der Waals surface area (Å²) in [5.74, 6) is 0.441. The number of nitrogen functional groups attached to an aromatic ring is 1. The van der Waals surface area contributed by atoms with Crippen LogP contribution in [0, 0.1) is 6.92 Å². The standard InChI is InChI=1S/C17H15N5O2S/c1-8-11-6-12(14(18)9-3-2-4-10(23)5-9)20-7-13(11)25-16(8)15-17(19)22-24-21-15/h2-7,14,23H,18H2,1H3,(H2,19,22). The summed E-state index contributed by atoms with van der Waals surface area (Å²) in [6.07, 6.45) is 1.79. The number of aryl methyl sites for hydroxylation is 1. The van der Waals surface area contributed by atoms with Gasteiger partial charge in [0.05, 0.1) is 21.3 Å². The summed E-state index contributed by atoms with van der Waals surface area (Å²) in [5.41, 5.74) is 15.2. The summed E-state index contributed by atoms with van der Waals surface area (Å²) in [5, 5.41) is 18.2. The van der Waals surface area contributed by atoms with Gasteiger partial charge in [-0.15, -0.1) is 11.3 Å². The summed E-state index contributed by atoms with van der Waals surface area (Å²) < 4.78 is 5.71. The molecule has 4 rings (SSSR count). The Morgan fingerprint density at radius 1 is 1.24 bits per heavy atom. The van der Waals surface area contributed by atoms with Crippen LogP contribution in [0.25, 0.3) is 20.7 Å². The normalized spacial score (nSPS) is 12.6. The van der Waals surface area contributed by atoms with E-state index in [1.54, 1.807) is 24.4 Å². The second-order valence-electron chi connectivity index (χ2n) is 5.73. The molecule has 5 N–H and O–H groups in total. The van der Waals surface area contributed by atoms with Gasteiger partial charge in [0.1, 0.15) is 5.75 Å². The number of hydrogen-bond acceptors (Lipinski definition) is 8. The Hall–Kier alpha value is -2.97. The van der Waals surface area contributed by atoms with E-state index in [0.29, 0.717) is 5.69 Å². The van der Waals surface area contributed by atoms with E-state index in [0.717, 1.165) is 31.8 Å². The van der Waals surface area contributed by atoms with Crippen LogP contribution in [0.1, 0.15) is 22.9 Å². The number of pyridine rings is 1. The SMILES string of the molecule is Cc1c(-c2nonc2N)sc2cnc(C(N)c3cccc(O)c3)cc12. The van der Waals surface area contributed by atoms with E-state index < -0.39 is 6.04 Å². The van der Waals surface area contributed by atoms with E-state index in [2.05, 4.69) is 15.3 Å². The molecule has 1 atom stereocenters. The second kappa shape index (κ2) is 5.83. The van der Waals surface area contributed by atoms with Crippen molar-refractivity contribution in [1.82, 2.24) is 15.3 Å². The first kappa shape index (κ1) is 15.6. The molecule has 8 heteroatoms. The molecule has 0 saturated carbocycles. The number of phenolic OH excluding ortho intramolecular Hbond substituents is 1. The number of phenols is 1. The highest BCUT2D eigenvalue weighted by Crippen LogP contribution is 2.39. The fraction of sp³-hybridized carbons (Fsp3) is 0.118. The maximum absolute atomic E-state index is 9.65. The van der Waals surface area contributed by atoms with Crippen LogP contribution in [0.2, 0.25) is 0 Å². The molecule has 0 bridgehead atoms. The maximum Gasteiger partial charge on any atom is 0.197 e. The Morgan fingerprint density at radius 3 is 2.80 bits per heavy atom. The molecule has 126 valence electrons. The van der Waals surface area contributed by atoms with Crippen LogP contribution >= 0.6 is 11.3 Å². The van der Waals surface area contributed by atoms with Crippen LogP contribution in [0.3, 0.4) is 0 Å². The first-order valence-corrected chi connectivity index (χ1v) is 8.38. The molecule has 3 heterocycles. The Kier molecular flexibility index (Phi) is 3.63. The predicted molar refractivity (Wildman–Crippen MR) is 96.2 cm³/mol. The van der Waals surface area contributed by atoms with Crippen LogP contribution < -0.4 is 11.5 Å². The zero-order chi connectivity index (χ0) is 17.6. The summed E-state index contributed by atoms with van der Waals surface area (Å²) in [6, 6.07) is 8.41. The van der Waals surface area contributed by atoms with Crippen molar-refractivity contribution in [3.8, 4) is 16.3 Å². The Morgan fingerprint density at radius 2 is 2.08 bits per heavy atom. The van der Waals surface area contributed by atoms with Crippen LogP contribution in [0.4, 0.5) is 5.82 Å². The largest absolute Gasteiger partial charge is 0.508 e. The predicted octanol–water partition coefficient (Wildman–Crippen LogP) is 2.99. The quantitative estimate of drug-likeness (QED) is 0.517. The highest BCUT2D eigenvalue weighted by molar-refractivity contribution is 7.22. The Labute approximate surface area is 146 Å². The van der Waals surface area contributed by atoms with E-state index >= 15 is 0 Å². The molecule has 7 nitrogen and oxygen atoms in total. The van der Waals surface area contributed by atoms with Gasteiger partial charge in [0, 0.05) is 6.20 Å². The smallest absolute Gasteiger partial charge is 0.197 e. The number of anilines is 1. The Balaban J connectivity index is 1.80.